The molecule has 11 heteroatoms. The Morgan fingerprint density at radius 1 is 1.07 bits per heavy atom. The summed E-state index contributed by atoms with van der Waals surface area (Å²) in [6.45, 7) is 4.88. The zero-order chi connectivity index (χ0) is 30.4. The molecule has 1 aromatic carbocycles. The van der Waals surface area contributed by atoms with E-state index in [4.69, 9.17) is 18.9 Å². The van der Waals surface area contributed by atoms with Crippen LogP contribution >= 0.6 is 0 Å². The Hall–Kier alpha value is -1.92. The molecule has 43 heavy (non-hydrogen) atoms. The van der Waals surface area contributed by atoms with Gasteiger partial charge in [0.2, 0.25) is 10.0 Å². The fourth-order valence-electron chi connectivity index (χ4n) is 9.07. The van der Waals surface area contributed by atoms with Gasteiger partial charge in [-0.15, -0.1) is 0 Å². The minimum Gasteiger partial charge on any atom is -0.497 e. The van der Waals surface area contributed by atoms with Crippen molar-refractivity contribution >= 4 is 16.1 Å². The van der Waals surface area contributed by atoms with E-state index in [2.05, 4.69) is 5.32 Å². The third-order valence-corrected chi connectivity index (χ3v) is 12.3. The summed E-state index contributed by atoms with van der Waals surface area (Å²) in [5, 5.41) is 14.8. The topological polar surface area (TPSA) is 124 Å². The van der Waals surface area contributed by atoms with E-state index < -0.39 is 34.4 Å². The molecule has 6 aliphatic rings. The summed E-state index contributed by atoms with van der Waals surface area (Å²) >= 11 is 0. The van der Waals surface area contributed by atoms with E-state index in [0.717, 1.165) is 25.7 Å². The van der Waals surface area contributed by atoms with E-state index in [1.165, 1.54) is 42.8 Å². The molecule has 2 N–H and O–H groups in total. The molecule has 2 heterocycles. The van der Waals surface area contributed by atoms with Crippen LogP contribution in [0.5, 0.6) is 5.75 Å². The molecular weight excluding hydrogens is 572 g/mol. The average molecular weight is 621 g/mol. The highest BCUT2D eigenvalue weighted by Crippen LogP contribution is 2.61. The van der Waals surface area contributed by atoms with Gasteiger partial charge in [0.25, 0.3) is 0 Å². The summed E-state index contributed by atoms with van der Waals surface area (Å²) in [4.78, 5) is 13.5. The van der Waals surface area contributed by atoms with Gasteiger partial charge in [0.1, 0.15) is 11.9 Å². The number of amides is 1. The number of methoxy groups -OCH3 is 1. The summed E-state index contributed by atoms with van der Waals surface area (Å²) < 4.78 is 51.3. The molecule has 240 valence electrons. The Morgan fingerprint density at radius 3 is 2.33 bits per heavy atom. The second-order valence-electron chi connectivity index (χ2n) is 14.3. The van der Waals surface area contributed by atoms with E-state index in [1.807, 2.05) is 13.8 Å². The quantitative estimate of drug-likeness (QED) is 0.357. The second kappa shape index (κ2) is 12.5. The fourth-order valence-corrected chi connectivity index (χ4v) is 10.7. The van der Waals surface area contributed by atoms with Crippen molar-refractivity contribution < 1.29 is 37.3 Å². The highest BCUT2D eigenvalue weighted by Gasteiger charge is 2.52. The Labute approximate surface area is 255 Å². The van der Waals surface area contributed by atoms with Gasteiger partial charge >= 0.3 is 6.09 Å². The van der Waals surface area contributed by atoms with Gasteiger partial charge in [-0.1, -0.05) is 13.8 Å². The number of aliphatic hydroxyl groups excluding tert-OH is 1. The Morgan fingerprint density at radius 2 is 1.72 bits per heavy atom. The molecule has 4 bridgehead atoms. The number of nitrogens with zero attached hydrogens (tertiary/aromatic N) is 1. The fraction of sp³-hybridized carbons (Fsp3) is 0.781. The van der Waals surface area contributed by atoms with Crippen LogP contribution in [-0.2, 0) is 24.2 Å². The van der Waals surface area contributed by atoms with Gasteiger partial charge < -0.3 is 29.4 Å². The molecule has 10 nitrogen and oxygen atoms in total. The molecule has 7 rings (SSSR count). The first kappa shape index (κ1) is 31.1. The number of alkyl carbamates (subject to hydrolysis) is 1. The number of aliphatic hydroxyl groups is 1. The lowest BCUT2D eigenvalue weighted by Crippen LogP contribution is -2.55. The first-order valence-electron chi connectivity index (χ1n) is 16.1. The number of ether oxygens (including phenoxy) is 4. The minimum atomic E-state index is -3.92. The van der Waals surface area contributed by atoms with Crippen LogP contribution in [-0.4, -0.2) is 81.9 Å². The van der Waals surface area contributed by atoms with Crippen LogP contribution in [0.2, 0.25) is 0 Å². The molecule has 0 spiro atoms. The highest BCUT2D eigenvalue weighted by molar-refractivity contribution is 7.89. The van der Waals surface area contributed by atoms with Crippen molar-refractivity contribution in [3.8, 4) is 5.75 Å². The third-order valence-electron chi connectivity index (χ3n) is 10.5. The monoisotopic (exact) mass is 620 g/mol. The summed E-state index contributed by atoms with van der Waals surface area (Å²) in [5.41, 5.74) is 0.0479. The molecule has 1 amide bonds. The predicted molar refractivity (Wildman–Crippen MR) is 159 cm³/mol. The molecule has 0 unspecified atom stereocenters. The zero-order valence-electron chi connectivity index (χ0n) is 25.7. The number of hydrogen-bond acceptors (Lipinski definition) is 8. The lowest BCUT2D eigenvalue weighted by atomic mass is 9.48. The summed E-state index contributed by atoms with van der Waals surface area (Å²) in [6.07, 6.45) is 6.12. The standard InChI is InChI=1S/C32H48N2O8S/c1-20(2)17-34(43(37,38)25-6-4-24(39-3)5-7-25)18-28(35)27(16-32-13-21-10-22(14-32)12-23(11-21)15-32)33-31(36)42-29-19-41-30-26(29)8-9-40-30/h4-7,20-23,26-30,35H,8-19H2,1-3H3,(H,33,36)/t21?,22?,23?,26-,27-,28+,29-,30+,32?/m0/s1. The van der Waals surface area contributed by atoms with Crippen molar-refractivity contribution in [3.63, 3.8) is 0 Å². The number of sulfonamides is 1. The van der Waals surface area contributed by atoms with Crippen molar-refractivity contribution in [2.75, 3.05) is 33.4 Å². The average Bonchev–Trinajstić information content (AvgIpc) is 3.56. The SMILES string of the molecule is COc1ccc(S(=O)(=O)N(CC(C)C)C[C@@H](O)[C@H](CC23CC4CC(CC(C4)C2)C3)NC(=O)O[C@H]2CO[C@H]3OCC[C@H]32)cc1. The van der Waals surface area contributed by atoms with Gasteiger partial charge in [-0.3, -0.25) is 0 Å². The number of carbonyl (C=O) groups is 1. The molecule has 0 radical (unpaired) electrons. The van der Waals surface area contributed by atoms with Gasteiger partial charge in [0, 0.05) is 13.1 Å². The van der Waals surface area contributed by atoms with Crippen LogP contribution in [0, 0.1) is 35.0 Å². The molecule has 4 aliphatic carbocycles. The Kier molecular flexibility index (Phi) is 9.01. The van der Waals surface area contributed by atoms with Crippen molar-refractivity contribution in [3.05, 3.63) is 24.3 Å². The highest BCUT2D eigenvalue weighted by atomic mass is 32.2. The molecule has 1 aromatic rings. The normalized spacial score (nSPS) is 34.4. The zero-order valence-corrected chi connectivity index (χ0v) is 26.5. The maximum Gasteiger partial charge on any atom is 0.407 e. The lowest BCUT2D eigenvalue weighted by Gasteiger charge is -2.58. The van der Waals surface area contributed by atoms with E-state index in [1.54, 1.807) is 12.1 Å². The van der Waals surface area contributed by atoms with Gasteiger partial charge in [-0.25, -0.2) is 13.2 Å². The first-order chi connectivity index (χ1) is 20.5. The second-order valence-corrected chi connectivity index (χ2v) is 16.2. The smallest absolute Gasteiger partial charge is 0.407 e. The first-order valence-corrected chi connectivity index (χ1v) is 17.5. The van der Waals surface area contributed by atoms with Gasteiger partial charge in [0.15, 0.2) is 6.29 Å². The van der Waals surface area contributed by atoms with Gasteiger partial charge in [-0.05, 0) is 105 Å². The number of carbonyl (C=O) groups excluding carboxylic acids is 1. The van der Waals surface area contributed by atoms with Crippen LogP contribution in [0.25, 0.3) is 0 Å². The van der Waals surface area contributed by atoms with E-state index >= 15 is 0 Å². The third kappa shape index (κ3) is 6.71. The number of benzene rings is 1. The minimum absolute atomic E-state index is 0.00782. The van der Waals surface area contributed by atoms with Crippen LogP contribution < -0.4 is 10.1 Å². The van der Waals surface area contributed by atoms with E-state index in [0.29, 0.717) is 36.5 Å². The number of hydrogen-bond donors (Lipinski definition) is 2. The summed E-state index contributed by atoms with van der Waals surface area (Å²) in [7, 11) is -2.38. The predicted octanol–water partition coefficient (Wildman–Crippen LogP) is 4.17. The summed E-state index contributed by atoms with van der Waals surface area (Å²) in [6, 6.07) is 5.65. The molecule has 2 saturated heterocycles. The number of fused-ring (bicyclic) bond motifs is 1. The molecule has 4 saturated carbocycles. The van der Waals surface area contributed by atoms with Crippen molar-refractivity contribution in [2.24, 2.45) is 35.0 Å². The van der Waals surface area contributed by atoms with E-state index in [-0.39, 0.29) is 48.1 Å². The van der Waals surface area contributed by atoms with Crippen LogP contribution in [0.3, 0.4) is 0 Å². The molecule has 2 aliphatic heterocycles. The van der Waals surface area contributed by atoms with Gasteiger partial charge in [-0.2, -0.15) is 4.31 Å². The van der Waals surface area contributed by atoms with Crippen molar-refractivity contribution in [2.45, 2.75) is 94.6 Å². The largest absolute Gasteiger partial charge is 0.497 e. The number of rotatable bonds is 12. The maximum atomic E-state index is 13.8. The molecule has 6 fully saturated rings. The van der Waals surface area contributed by atoms with Gasteiger partial charge in [0.05, 0.1) is 43.3 Å². The lowest BCUT2D eigenvalue weighted by molar-refractivity contribution is -0.0907. The molecular formula is C32H48N2O8S. The Bertz CT molecular complexity index is 1200. The summed E-state index contributed by atoms with van der Waals surface area (Å²) in [5.74, 6) is 2.73. The van der Waals surface area contributed by atoms with Crippen molar-refractivity contribution in [1.29, 1.82) is 0 Å². The van der Waals surface area contributed by atoms with Crippen LogP contribution in [0.4, 0.5) is 4.79 Å². The van der Waals surface area contributed by atoms with Crippen molar-refractivity contribution in [1.82, 2.24) is 9.62 Å². The Balaban J connectivity index is 1.21. The van der Waals surface area contributed by atoms with Crippen LogP contribution in [0.1, 0.15) is 65.2 Å². The molecule has 0 aromatic heterocycles. The van der Waals surface area contributed by atoms with E-state index in [9.17, 15) is 18.3 Å². The maximum absolute atomic E-state index is 13.8. The van der Waals surface area contributed by atoms with Crippen LogP contribution in [0.15, 0.2) is 29.2 Å². The molecule has 5 atom stereocenters. The number of nitrogens with one attached hydrogen (secondary N) is 1.